The Morgan fingerprint density at radius 2 is 1.57 bits per heavy atom. The number of hydrogen-bond donors (Lipinski definition) is 13. The molecule has 0 aromatic heterocycles. The van der Waals surface area contributed by atoms with Crippen LogP contribution in [0.4, 0.5) is 0 Å². The summed E-state index contributed by atoms with van der Waals surface area (Å²) < 4.78 is 4.58. The third kappa shape index (κ3) is 23.5. The van der Waals surface area contributed by atoms with Crippen LogP contribution in [0.2, 0.25) is 0 Å². The minimum atomic E-state index is -1.57. The zero-order valence-electron chi connectivity index (χ0n) is 18.8. The summed E-state index contributed by atoms with van der Waals surface area (Å²) in [5.74, 6) is -1.90. The number of aliphatic imine (C=N–C) groups is 1. The Bertz CT molecular complexity index is 564. The second-order valence-electron chi connectivity index (χ2n) is 6.43. The monoisotopic (exact) mass is 545 g/mol. The van der Waals surface area contributed by atoms with Crippen molar-refractivity contribution in [2.75, 3.05) is 33.5 Å². The van der Waals surface area contributed by atoms with Gasteiger partial charge < -0.3 is 68.1 Å². The van der Waals surface area contributed by atoms with Gasteiger partial charge in [0.25, 0.3) is 0 Å². The number of aliphatic hydroxyl groups is 6. The summed E-state index contributed by atoms with van der Waals surface area (Å²) >= 11 is 3.79. The molecule has 1 saturated heterocycles. The van der Waals surface area contributed by atoms with E-state index in [1.807, 2.05) is 0 Å². The molecule has 0 saturated carbocycles. The second-order valence-corrected chi connectivity index (χ2v) is 6.85. The van der Waals surface area contributed by atoms with E-state index < -0.39 is 55.3 Å². The zero-order valence-corrected chi connectivity index (χ0v) is 19.7. The number of rotatable bonds is 8. The number of amidine groups is 1. The van der Waals surface area contributed by atoms with Crippen molar-refractivity contribution in [3.63, 3.8) is 0 Å². The van der Waals surface area contributed by atoms with E-state index in [0.717, 1.165) is 12.8 Å². The van der Waals surface area contributed by atoms with E-state index in [0.29, 0.717) is 18.1 Å². The Hall–Kier alpha value is -0.640. The van der Waals surface area contributed by atoms with Gasteiger partial charge in [0.1, 0.15) is 37.2 Å². The molecular formula is C17H40N5NaO11S. The van der Waals surface area contributed by atoms with Crippen molar-refractivity contribution in [3.05, 3.63) is 0 Å². The fourth-order valence-corrected chi connectivity index (χ4v) is 1.93. The molecule has 0 spiro atoms. The second kappa shape index (κ2) is 26.4. The summed E-state index contributed by atoms with van der Waals surface area (Å²) in [6, 6.07) is -0.716. The molecule has 1 rings (SSSR count). The van der Waals surface area contributed by atoms with E-state index in [-0.39, 0.29) is 42.8 Å². The third-order valence-corrected chi connectivity index (χ3v) is 4.14. The molecule has 0 amide bonds. The SMILES string of the molecule is CN=C(S)NCO.NCC(=O)O.NCCCCC(N)C(=O)O.OC[C@H]1OC(O)[C@H](O)[C@@H](O)[C@@H]1O.[NaH]. The first kappa shape index (κ1) is 41.5. The van der Waals surface area contributed by atoms with Crippen molar-refractivity contribution in [3.8, 4) is 0 Å². The Balaban J connectivity index is -0.000000191. The fraction of sp³-hybridized carbons (Fsp3) is 0.824. The van der Waals surface area contributed by atoms with Gasteiger partial charge in [-0.05, 0) is 19.4 Å². The third-order valence-electron chi connectivity index (χ3n) is 3.78. The summed E-state index contributed by atoms with van der Waals surface area (Å²) in [5, 5.41) is 71.6. The van der Waals surface area contributed by atoms with Crippen LogP contribution in [0.25, 0.3) is 0 Å². The first-order valence-electron chi connectivity index (χ1n) is 9.93. The van der Waals surface area contributed by atoms with Gasteiger partial charge in [0.05, 0.1) is 13.2 Å². The summed E-state index contributed by atoms with van der Waals surface area (Å²) in [7, 11) is 1.59. The number of carboxylic acids is 2. The van der Waals surface area contributed by atoms with Gasteiger partial charge in [-0.3, -0.25) is 14.6 Å². The van der Waals surface area contributed by atoms with Gasteiger partial charge in [0.2, 0.25) is 0 Å². The van der Waals surface area contributed by atoms with Gasteiger partial charge >= 0.3 is 41.5 Å². The van der Waals surface area contributed by atoms with E-state index in [9.17, 15) is 9.59 Å². The van der Waals surface area contributed by atoms with Crippen molar-refractivity contribution in [1.82, 2.24) is 5.32 Å². The predicted molar refractivity (Wildman–Crippen MR) is 131 cm³/mol. The number of nitrogens with zero attached hydrogens (tertiary/aromatic N) is 1. The van der Waals surface area contributed by atoms with Gasteiger partial charge in [0.15, 0.2) is 11.5 Å². The molecule has 1 aliphatic rings. The first-order valence-corrected chi connectivity index (χ1v) is 10.4. The number of aliphatic carboxylic acids is 2. The molecule has 6 atom stereocenters. The molecule has 16 nitrogen and oxygen atoms in total. The number of thiol groups is 1. The zero-order chi connectivity index (χ0) is 27.3. The molecule has 0 radical (unpaired) electrons. The van der Waals surface area contributed by atoms with E-state index in [4.69, 9.17) is 52.3 Å². The molecule has 15 N–H and O–H groups in total. The maximum atomic E-state index is 10.1. The van der Waals surface area contributed by atoms with Crippen LogP contribution >= 0.6 is 12.6 Å². The molecule has 1 aliphatic heterocycles. The molecule has 1 heterocycles. The molecule has 0 aliphatic carbocycles. The number of hydrogen-bond acceptors (Lipinski definition) is 13. The molecule has 35 heavy (non-hydrogen) atoms. The van der Waals surface area contributed by atoms with Crippen molar-refractivity contribution < 1.29 is 55.2 Å². The minimum absolute atomic E-state index is 0. The number of ether oxygens (including phenoxy) is 1. The van der Waals surface area contributed by atoms with E-state index in [1.54, 1.807) is 7.05 Å². The molecule has 2 unspecified atom stereocenters. The van der Waals surface area contributed by atoms with Crippen LogP contribution in [-0.4, -0.2) is 158 Å². The quantitative estimate of drug-likeness (QED) is 0.0337. The first-order chi connectivity index (χ1) is 15.8. The molecule has 0 bridgehead atoms. The molecule has 1 fully saturated rings. The fourth-order valence-electron chi connectivity index (χ4n) is 1.86. The van der Waals surface area contributed by atoms with Crippen LogP contribution in [0, 0.1) is 0 Å². The summed E-state index contributed by atoms with van der Waals surface area (Å²) in [6.07, 6.45) is -4.88. The van der Waals surface area contributed by atoms with Crippen molar-refractivity contribution in [2.24, 2.45) is 22.2 Å². The Morgan fingerprint density at radius 3 is 1.89 bits per heavy atom. The summed E-state index contributed by atoms with van der Waals surface area (Å²) in [4.78, 5) is 23.0. The number of unbranched alkanes of at least 4 members (excludes halogenated alkanes) is 1. The van der Waals surface area contributed by atoms with Crippen LogP contribution in [-0.2, 0) is 14.3 Å². The average molecular weight is 546 g/mol. The van der Waals surface area contributed by atoms with Crippen molar-refractivity contribution in [1.29, 1.82) is 0 Å². The Morgan fingerprint density at radius 1 is 1.06 bits per heavy atom. The van der Waals surface area contributed by atoms with E-state index >= 15 is 0 Å². The Labute approximate surface area is 230 Å². The number of nitrogens with two attached hydrogens (primary N) is 3. The number of carbonyl (C=O) groups is 2. The van der Waals surface area contributed by atoms with E-state index in [2.05, 4.69) is 33.4 Å². The molecular weight excluding hydrogens is 505 g/mol. The van der Waals surface area contributed by atoms with Crippen LogP contribution in [0.5, 0.6) is 0 Å². The average Bonchev–Trinajstić information content (AvgIpc) is 2.81. The molecule has 18 heteroatoms. The topological polar surface area (TPSA) is 308 Å². The maximum absolute atomic E-state index is 10.1. The van der Waals surface area contributed by atoms with Crippen LogP contribution in [0.15, 0.2) is 4.99 Å². The molecule has 0 aromatic carbocycles. The number of carboxylic acid groups (broad SMARTS) is 2. The van der Waals surface area contributed by atoms with Crippen molar-refractivity contribution >= 4 is 59.3 Å². The van der Waals surface area contributed by atoms with Gasteiger partial charge in [0, 0.05) is 7.05 Å². The predicted octanol–water partition coefficient (Wildman–Crippen LogP) is -5.87. The van der Waals surface area contributed by atoms with Gasteiger partial charge in [-0.25, -0.2) is 0 Å². The summed E-state index contributed by atoms with van der Waals surface area (Å²) in [5.41, 5.74) is 15.0. The number of aliphatic hydroxyl groups excluding tert-OH is 6. The van der Waals surface area contributed by atoms with Crippen LogP contribution < -0.4 is 22.5 Å². The van der Waals surface area contributed by atoms with Gasteiger partial charge in [-0.15, -0.1) is 12.6 Å². The van der Waals surface area contributed by atoms with Gasteiger partial charge in [-0.1, -0.05) is 6.42 Å². The molecule has 206 valence electrons. The number of nitrogens with one attached hydrogen (secondary N) is 1. The standard InChI is InChI=1S/C6H14N2O2.C6H12O6.C3H8N2OS.C2H5NO2.Na.H/c7-4-2-1-3-5(8)6(9)10;7-1-2-3(8)4(9)5(10)6(11)12-2;1-4-3(7)5-2-6;3-1-2(4)5;;/h5H,1-4,7-8H2,(H,9,10);2-11H,1H2;6H,2H2,1H3,(H2,4,5,7);1,3H2,(H,4,5);;/t;2-,3-,4+,5-,6?;;;;/m.1..../s1. The summed E-state index contributed by atoms with van der Waals surface area (Å²) in [6.45, 7) is -0.315. The van der Waals surface area contributed by atoms with Crippen LogP contribution in [0.3, 0.4) is 0 Å². The molecule has 0 aromatic rings. The Kier molecular flexibility index (Phi) is 31.3. The van der Waals surface area contributed by atoms with Crippen LogP contribution in [0.1, 0.15) is 19.3 Å². The normalized spacial score (nSPS) is 24.0. The van der Waals surface area contributed by atoms with Gasteiger partial charge in [-0.2, -0.15) is 0 Å². The van der Waals surface area contributed by atoms with E-state index in [1.165, 1.54) is 0 Å². The van der Waals surface area contributed by atoms with Crippen molar-refractivity contribution in [2.45, 2.75) is 56.0 Å².